The molecular formula is C62H41NO. The molecule has 2 nitrogen and oxygen atoms in total. The largest absolute Gasteiger partial charge is 0.455 e. The molecule has 11 aromatic carbocycles. The summed E-state index contributed by atoms with van der Waals surface area (Å²) in [5, 5.41) is 6.90. The zero-order valence-corrected chi connectivity index (χ0v) is 35.0. The van der Waals surface area contributed by atoms with Crippen molar-refractivity contribution in [3.63, 3.8) is 0 Å². The summed E-state index contributed by atoms with van der Waals surface area (Å²) in [5.41, 5.74) is 16.6. The van der Waals surface area contributed by atoms with Gasteiger partial charge in [0.1, 0.15) is 11.2 Å². The monoisotopic (exact) mass is 815 g/mol. The lowest BCUT2D eigenvalue weighted by Gasteiger charge is -2.26. The van der Waals surface area contributed by atoms with Gasteiger partial charge in [-0.2, -0.15) is 0 Å². The molecule has 0 unspecified atom stereocenters. The standard InChI is InChI=1S/C62H41NO/c1-5-15-42(16-6-1)45-25-32-51(33-26-45)63(52-34-27-46(28-35-52)43-17-7-2-8-18-43)53-36-29-49(30-37-53)57-39-50(44-19-9-3-10-20-44)40-58-59-41-56(47-21-11-4-12-22-47)55-38-31-48-23-13-14-24-54(48)60(55)62(59)64-61(57)58/h1-41H. The Balaban J connectivity index is 1.04. The highest BCUT2D eigenvalue weighted by molar-refractivity contribution is 6.27. The average Bonchev–Trinajstić information content (AvgIpc) is 3.76. The number of nitrogens with zero attached hydrogens (tertiary/aromatic N) is 1. The summed E-state index contributed by atoms with van der Waals surface area (Å²) in [6.45, 7) is 0. The number of anilines is 3. The first kappa shape index (κ1) is 37.3. The Morgan fingerprint density at radius 2 is 0.672 bits per heavy atom. The summed E-state index contributed by atoms with van der Waals surface area (Å²) in [4.78, 5) is 2.34. The Morgan fingerprint density at radius 1 is 0.250 bits per heavy atom. The molecule has 1 heterocycles. The second-order valence-corrected chi connectivity index (χ2v) is 16.5. The van der Waals surface area contributed by atoms with Gasteiger partial charge in [-0.15, -0.1) is 0 Å². The van der Waals surface area contributed by atoms with E-state index in [-0.39, 0.29) is 0 Å². The van der Waals surface area contributed by atoms with Crippen molar-refractivity contribution >= 4 is 60.5 Å². The molecule has 0 aliphatic rings. The van der Waals surface area contributed by atoms with Gasteiger partial charge in [0.25, 0.3) is 0 Å². The molecule has 0 aliphatic heterocycles. The van der Waals surface area contributed by atoms with Gasteiger partial charge in [-0.3, -0.25) is 0 Å². The molecule has 0 atom stereocenters. The molecule has 64 heavy (non-hydrogen) atoms. The van der Waals surface area contributed by atoms with E-state index in [0.29, 0.717) is 0 Å². The molecule has 0 bridgehead atoms. The fourth-order valence-corrected chi connectivity index (χ4v) is 9.48. The van der Waals surface area contributed by atoms with E-state index in [1.165, 1.54) is 49.5 Å². The van der Waals surface area contributed by atoms with Crippen molar-refractivity contribution in [3.05, 3.63) is 249 Å². The average molecular weight is 816 g/mol. The van der Waals surface area contributed by atoms with Crippen LogP contribution in [0.25, 0.3) is 99.1 Å². The van der Waals surface area contributed by atoms with Crippen molar-refractivity contribution in [2.75, 3.05) is 4.90 Å². The minimum atomic E-state index is 0.881. The predicted molar refractivity (Wildman–Crippen MR) is 271 cm³/mol. The molecule has 12 rings (SSSR count). The van der Waals surface area contributed by atoms with Crippen LogP contribution in [0.1, 0.15) is 0 Å². The third-order valence-corrected chi connectivity index (χ3v) is 12.7. The molecule has 1 aromatic heterocycles. The van der Waals surface area contributed by atoms with Crippen LogP contribution in [0.2, 0.25) is 0 Å². The zero-order chi connectivity index (χ0) is 42.4. The van der Waals surface area contributed by atoms with Crippen LogP contribution >= 0.6 is 0 Å². The molecule has 0 radical (unpaired) electrons. The third-order valence-electron chi connectivity index (χ3n) is 12.7. The lowest BCUT2D eigenvalue weighted by Crippen LogP contribution is -2.09. The Labute approximate surface area is 372 Å². The van der Waals surface area contributed by atoms with Gasteiger partial charge in [0, 0.05) is 38.8 Å². The van der Waals surface area contributed by atoms with E-state index in [1.807, 2.05) is 0 Å². The molecular weight excluding hydrogens is 775 g/mol. The minimum absolute atomic E-state index is 0.881. The molecule has 0 aliphatic carbocycles. The van der Waals surface area contributed by atoms with Crippen molar-refractivity contribution in [3.8, 4) is 55.6 Å². The lowest BCUT2D eigenvalue weighted by atomic mass is 9.91. The SMILES string of the molecule is c1ccc(-c2ccc(N(c3ccc(-c4ccccc4)cc3)c3ccc(-c4cc(-c5ccccc5)cc5c4oc4c5cc(-c5ccccc5)c5ccc6ccccc6c54)cc3)cc2)cc1. The molecule has 300 valence electrons. The summed E-state index contributed by atoms with van der Waals surface area (Å²) in [6.07, 6.45) is 0. The first-order valence-electron chi connectivity index (χ1n) is 21.9. The van der Waals surface area contributed by atoms with Crippen LogP contribution in [0.4, 0.5) is 17.1 Å². The van der Waals surface area contributed by atoms with E-state index in [1.54, 1.807) is 0 Å². The quantitative estimate of drug-likeness (QED) is 0.142. The van der Waals surface area contributed by atoms with Crippen molar-refractivity contribution in [1.82, 2.24) is 0 Å². The van der Waals surface area contributed by atoms with Crippen LogP contribution in [0.5, 0.6) is 0 Å². The van der Waals surface area contributed by atoms with Gasteiger partial charge in [0.15, 0.2) is 0 Å². The Kier molecular flexibility index (Phi) is 9.20. The van der Waals surface area contributed by atoms with Crippen LogP contribution in [0.15, 0.2) is 253 Å². The first-order chi connectivity index (χ1) is 31.7. The topological polar surface area (TPSA) is 16.4 Å². The summed E-state index contributed by atoms with van der Waals surface area (Å²) in [5.74, 6) is 0. The third kappa shape index (κ3) is 6.61. The van der Waals surface area contributed by atoms with E-state index in [0.717, 1.165) is 66.6 Å². The normalized spacial score (nSPS) is 11.4. The molecule has 0 spiro atoms. The second-order valence-electron chi connectivity index (χ2n) is 16.5. The van der Waals surface area contributed by atoms with Crippen molar-refractivity contribution < 1.29 is 4.42 Å². The van der Waals surface area contributed by atoms with Gasteiger partial charge in [-0.25, -0.2) is 0 Å². The van der Waals surface area contributed by atoms with Crippen LogP contribution in [-0.2, 0) is 0 Å². The van der Waals surface area contributed by atoms with Gasteiger partial charge in [0.05, 0.1) is 0 Å². The molecule has 0 N–H and O–H groups in total. The van der Waals surface area contributed by atoms with Crippen LogP contribution < -0.4 is 4.90 Å². The maximum absolute atomic E-state index is 7.24. The number of hydrogen-bond donors (Lipinski definition) is 0. The summed E-state index contributed by atoms with van der Waals surface area (Å²) >= 11 is 0. The molecule has 0 amide bonds. The van der Waals surface area contributed by atoms with Gasteiger partial charge < -0.3 is 9.32 Å². The van der Waals surface area contributed by atoms with Crippen LogP contribution in [0.3, 0.4) is 0 Å². The first-order valence-corrected chi connectivity index (χ1v) is 21.9. The molecule has 12 aromatic rings. The highest BCUT2D eigenvalue weighted by Gasteiger charge is 2.21. The van der Waals surface area contributed by atoms with E-state index in [2.05, 4.69) is 254 Å². The Morgan fingerprint density at radius 3 is 1.22 bits per heavy atom. The Bertz CT molecular complexity index is 3510. The van der Waals surface area contributed by atoms with Crippen molar-refractivity contribution in [2.24, 2.45) is 0 Å². The number of fused-ring (bicyclic) bond motifs is 7. The van der Waals surface area contributed by atoms with Crippen molar-refractivity contribution in [1.29, 1.82) is 0 Å². The number of rotatable bonds is 8. The predicted octanol–water partition coefficient (Wildman–Crippen LogP) is 17.7. The summed E-state index contributed by atoms with van der Waals surface area (Å²) in [6, 6.07) is 89.4. The second kappa shape index (κ2) is 15.8. The molecule has 0 fully saturated rings. The minimum Gasteiger partial charge on any atom is -0.455 e. The number of furan rings is 1. The maximum atomic E-state index is 7.24. The van der Waals surface area contributed by atoms with Gasteiger partial charge in [-0.1, -0.05) is 194 Å². The van der Waals surface area contributed by atoms with Gasteiger partial charge in [-0.05, 0) is 121 Å². The fourth-order valence-electron chi connectivity index (χ4n) is 9.48. The zero-order valence-electron chi connectivity index (χ0n) is 35.0. The Hall–Kier alpha value is -8.46. The fraction of sp³-hybridized carbons (Fsp3) is 0. The molecule has 0 saturated carbocycles. The smallest absolute Gasteiger partial charge is 0.143 e. The van der Waals surface area contributed by atoms with E-state index in [4.69, 9.17) is 4.42 Å². The van der Waals surface area contributed by atoms with Gasteiger partial charge >= 0.3 is 0 Å². The van der Waals surface area contributed by atoms with E-state index < -0.39 is 0 Å². The van der Waals surface area contributed by atoms with Gasteiger partial charge in [0.2, 0.25) is 0 Å². The number of hydrogen-bond acceptors (Lipinski definition) is 2. The lowest BCUT2D eigenvalue weighted by molar-refractivity contribution is 0.674. The van der Waals surface area contributed by atoms with Crippen LogP contribution in [0, 0.1) is 0 Å². The molecule has 0 saturated heterocycles. The van der Waals surface area contributed by atoms with Crippen molar-refractivity contribution in [2.45, 2.75) is 0 Å². The highest BCUT2D eigenvalue weighted by Crippen LogP contribution is 2.47. The number of benzene rings is 11. The van der Waals surface area contributed by atoms with E-state index >= 15 is 0 Å². The molecule has 2 heteroatoms. The van der Waals surface area contributed by atoms with E-state index in [9.17, 15) is 0 Å². The summed E-state index contributed by atoms with van der Waals surface area (Å²) in [7, 11) is 0. The highest BCUT2D eigenvalue weighted by atomic mass is 16.3. The van der Waals surface area contributed by atoms with Crippen LogP contribution in [-0.4, -0.2) is 0 Å². The maximum Gasteiger partial charge on any atom is 0.143 e. The summed E-state index contributed by atoms with van der Waals surface area (Å²) < 4.78 is 7.24.